The van der Waals surface area contributed by atoms with Crippen LogP contribution in [0.15, 0.2) is 60.7 Å². The Bertz CT molecular complexity index is 697. The molecule has 2 aromatic carbocycles. The second-order valence-corrected chi connectivity index (χ2v) is 12.3. The number of carbonyl (C=O) groups is 1. The summed E-state index contributed by atoms with van der Waals surface area (Å²) < 4.78 is 6.82. The van der Waals surface area contributed by atoms with Gasteiger partial charge in [0.1, 0.15) is 0 Å². The Morgan fingerprint density at radius 3 is 1.88 bits per heavy atom. The van der Waals surface area contributed by atoms with Crippen molar-refractivity contribution in [2.75, 3.05) is 19.7 Å². The Labute approximate surface area is 156 Å². The van der Waals surface area contributed by atoms with E-state index < -0.39 is 14.4 Å². The topological polar surface area (TPSA) is 49.8 Å². The van der Waals surface area contributed by atoms with Crippen molar-refractivity contribution in [3.8, 4) is 0 Å². The largest absolute Gasteiger partial charge is 0.465 e. The molecule has 1 aliphatic heterocycles. The van der Waals surface area contributed by atoms with Crippen LogP contribution >= 0.6 is 0 Å². The predicted molar refractivity (Wildman–Crippen MR) is 107 cm³/mol. The van der Waals surface area contributed by atoms with Gasteiger partial charge in [0.2, 0.25) is 0 Å². The van der Waals surface area contributed by atoms with E-state index in [9.17, 15) is 4.79 Å². The quantitative estimate of drug-likeness (QED) is 0.824. The first-order valence-corrected chi connectivity index (χ1v) is 11.0. The second-order valence-electron chi connectivity index (χ2n) is 8.03. The van der Waals surface area contributed by atoms with Gasteiger partial charge < -0.3 is 14.4 Å². The molecule has 0 unspecified atom stereocenters. The predicted octanol–water partition coefficient (Wildman–Crippen LogP) is 3.17. The number of rotatable bonds is 5. The molecule has 0 atom stereocenters. The van der Waals surface area contributed by atoms with E-state index in [4.69, 9.17) is 9.53 Å². The average molecular weight is 370 g/mol. The first kappa shape index (κ1) is 18.7. The summed E-state index contributed by atoms with van der Waals surface area (Å²) in [6.07, 6.45) is -0.841. The summed E-state index contributed by atoms with van der Waals surface area (Å²) in [7, 11) is -2.51. The Hall–Kier alpha value is -2.11. The molecule has 5 heteroatoms. The summed E-state index contributed by atoms with van der Waals surface area (Å²) >= 11 is 0. The number of hydrogen-bond acceptors (Lipinski definition) is 2. The molecule has 138 valence electrons. The van der Waals surface area contributed by atoms with Crippen molar-refractivity contribution in [3.63, 3.8) is 0 Å². The van der Waals surface area contributed by atoms with E-state index in [1.807, 2.05) is 12.1 Å². The molecule has 1 saturated heterocycles. The molecule has 0 spiro atoms. The van der Waals surface area contributed by atoms with Crippen LogP contribution in [0.1, 0.15) is 20.8 Å². The molecule has 1 amide bonds. The van der Waals surface area contributed by atoms with Crippen LogP contribution < -0.4 is 10.4 Å². The smallest absolute Gasteiger partial charge is 0.407 e. The molecule has 2 aromatic rings. The molecule has 0 bridgehead atoms. The number of likely N-dealkylation sites (tertiary alicyclic amines) is 1. The van der Waals surface area contributed by atoms with Gasteiger partial charge in [-0.2, -0.15) is 0 Å². The second kappa shape index (κ2) is 7.25. The molecule has 1 fully saturated rings. The number of hydrogen-bond donors (Lipinski definition) is 1. The number of nitrogens with zero attached hydrogens (tertiary/aromatic N) is 1. The zero-order valence-electron chi connectivity index (χ0n) is 15.7. The van der Waals surface area contributed by atoms with Crippen LogP contribution in [0.2, 0.25) is 5.04 Å². The maximum Gasteiger partial charge on any atom is 0.407 e. The first-order chi connectivity index (χ1) is 12.3. The van der Waals surface area contributed by atoms with Crippen LogP contribution in [0.5, 0.6) is 0 Å². The van der Waals surface area contributed by atoms with Crippen molar-refractivity contribution >= 4 is 24.8 Å². The number of amides is 1. The molecule has 1 aliphatic rings. The minimum atomic E-state index is -2.51. The summed E-state index contributed by atoms with van der Waals surface area (Å²) in [5, 5.41) is 11.5. The molecule has 0 radical (unpaired) electrons. The summed E-state index contributed by atoms with van der Waals surface area (Å²) in [4.78, 5) is 12.5. The molecule has 3 rings (SSSR count). The van der Waals surface area contributed by atoms with Crippen molar-refractivity contribution in [1.29, 1.82) is 0 Å². The van der Waals surface area contributed by atoms with Crippen molar-refractivity contribution in [1.82, 2.24) is 4.90 Å². The lowest BCUT2D eigenvalue weighted by Gasteiger charge is -2.45. The number of benzene rings is 2. The van der Waals surface area contributed by atoms with Gasteiger partial charge in [-0.3, -0.25) is 0 Å². The molecular formula is C21H27NO3Si. The molecule has 1 heterocycles. The third-order valence-corrected chi connectivity index (χ3v) is 10.2. The first-order valence-electron chi connectivity index (χ1n) is 9.07. The van der Waals surface area contributed by atoms with E-state index >= 15 is 0 Å². The summed E-state index contributed by atoms with van der Waals surface area (Å²) in [5.74, 6) is 0.271. The van der Waals surface area contributed by atoms with Gasteiger partial charge in [0, 0.05) is 25.6 Å². The Balaban J connectivity index is 1.95. The standard InChI is InChI=1S/C21H27NO3Si/c1-21(2,3)26(18-10-6-4-7-11-18,19-12-8-5-9-13-19)25-16-17-14-22(15-17)20(23)24/h4-13,17H,14-16H2,1-3H3,(H,23,24). The van der Waals surface area contributed by atoms with Crippen molar-refractivity contribution in [3.05, 3.63) is 60.7 Å². The van der Waals surface area contributed by atoms with E-state index in [1.165, 1.54) is 15.3 Å². The number of carboxylic acid groups (broad SMARTS) is 1. The van der Waals surface area contributed by atoms with E-state index in [1.54, 1.807) is 0 Å². The maximum atomic E-state index is 11.0. The minimum Gasteiger partial charge on any atom is -0.465 e. The molecule has 4 nitrogen and oxygen atoms in total. The highest BCUT2D eigenvalue weighted by Crippen LogP contribution is 2.37. The molecular weight excluding hydrogens is 342 g/mol. The highest BCUT2D eigenvalue weighted by Gasteiger charge is 2.50. The molecule has 26 heavy (non-hydrogen) atoms. The highest BCUT2D eigenvalue weighted by atomic mass is 28.4. The third-order valence-electron chi connectivity index (χ3n) is 5.18. The fourth-order valence-electron chi connectivity index (χ4n) is 3.84. The van der Waals surface area contributed by atoms with Gasteiger partial charge in [-0.15, -0.1) is 0 Å². The van der Waals surface area contributed by atoms with Crippen molar-refractivity contribution in [2.24, 2.45) is 5.92 Å². The van der Waals surface area contributed by atoms with Crippen molar-refractivity contribution in [2.45, 2.75) is 25.8 Å². The molecule has 0 saturated carbocycles. The average Bonchev–Trinajstić information content (AvgIpc) is 2.57. The Morgan fingerprint density at radius 2 is 1.50 bits per heavy atom. The van der Waals surface area contributed by atoms with Gasteiger partial charge in [0.25, 0.3) is 8.32 Å². The van der Waals surface area contributed by atoms with Crippen LogP contribution in [0.4, 0.5) is 4.79 Å². The minimum absolute atomic E-state index is 0.0497. The van der Waals surface area contributed by atoms with Crippen LogP contribution in [-0.2, 0) is 4.43 Å². The summed E-state index contributed by atoms with van der Waals surface area (Å²) in [6.45, 7) is 8.48. The molecule has 1 N–H and O–H groups in total. The lowest BCUT2D eigenvalue weighted by atomic mass is 10.0. The van der Waals surface area contributed by atoms with Gasteiger partial charge in [0.05, 0.1) is 0 Å². The van der Waals surface area contributed by atoms with Gasteiger partial charge in [0.15, 0.2) is 0 Å². The Kier molecular flexibility index (Phi) is 5.21. The van der Waals surface area contributed by atoms with Gasteiger partial charge >= 0.3 is 6.09 Å². The molecule has 0 aliphatic carbocycles. The summed E-state index contributed by atoms with van der Waals surface area (Å²) in [5.41, 5.74) is 0. The van der Waals surface area contributed by atoms with E-state index in [-0.39, 0.29) is 11.0 Å². The van der Waals surface area contributed by atoms with Crippen LogP contribution in [0.25, 0.3) is 0 Å². The van der Waals surface area contributed by atoms with E-state index in [2.05, 4.69) is 69.3 Å². The zero-order valence-corrected chi connectivity index (χ0v) is 16.7. The summed E-state index contributed by atoms with van der Waals surface area (Å²) in [6, 6.07) is 21.1. The lowest BCUT2D eigenvalue weighted by molar-refractivity contribution is 0.0563. The monoisotopic (exact) mass is 369 g/mol. The normalized spacial score (nSPS) is 15.6. The van der Waals surface area contributed by atoms with Crippen LogP contribution in [0.3, 0.4) is 0 Å². The van der Waals surface area contributed by atoms with Gasteiger partial charge in [-0.25, -0.2) is 4.79 Å². The van der Waals surface area contributed by atoms with Gasteiger partial charge in [-0.1, -0.05) is 81.4 Å². The maximum absolute atomic E-state index is 11.0. The van der Waals surface area contributed by atoms with Crippen LogP contribution in [0, 0.1) is 5.92 Å². The fourth-order valence-corrected chi connectivity index (χ4v) is 8.48. The Morgan fingerprint density at radius 1 is 1.04 bits per heavy atom. The van der Waals surface area contributed by atoms with E-state index in [0.717, 1.165) is 0 Å². The molecule has 0 aromatic heterocycles. The van der Waals surface area contributed by atoms with Crippen molar-refractivity contribution < 1.29 is 14.3 Å². The highest BCUT2D eigenvalue weighted by molar-refractivity contribution is 6.99. The zero-order chi connectivity index (χ0) is 18.8. The fraction of sp³-hybridized carbons (Fsp3) is 0.381. The lowest BCUT2D eigenvalue weighted by Crippen LogP contribution is -2.67. The third kappa shape index (κ3) is 3.41. The van der Waals surface area contributed by atoms with E-state index in [0.29, 0.717) is 19.7 Å². The van der Waals surface area contributed by atoms with Gasteiger partial charge in [-0.05, 0) is 15.4 Å². The van der Waals surface area contributed by atoms with Crippen LogP contribution in [-0.4, -0.2) is 44.1 Å². The SMILES string of the molecule is CC(C)(C)[Si](OCC1CN(C(=O)O)C1)(c1ccccc1)c1ccccc1.